The summed E-state index contributed by atoms with van der Waals surface area (Å²) in [6, 6.07) is 5.11. The van der Waals surface area contributed by atoms with Crippen molar-refractivity contribution in [3.63, 3.8) is 0 Å². The second kappa shape index (κ2) is 4.28. The van der Waals surface area contributed by atoms with Gasteiger partial charge in [-0.15, -0.1) is 11.3 Å². The Kier molecular flexibility index (Phi) is 2.79. The number of aromatic nitrogens is 1. The maximum absolute atomic E-state index is 12.6. The van der Waals surface area contributed by atoms with Gasteiger partial charge < -0.3 is 5.32 Å². The number of carbonyl (C=O) groups is 2. The van der Waals surface area contributed by atoms with E-state index in [2.05, 4.69) is 10.3 Å². The van der Waals surface area contributed by atoms with Gasteiger partial charge in [0.2, 0.25) is 5.91 Å². The highest BCUT2D eigenvalue weighted by atomic mass is 32.1. The zero-order valence-corrected chi connectivity index (χ0v) is 12.3. The van der Waals surface area contributed by atoms with Gasteiger partial charge in [-0.2, -0.15) is 0 Å². The quantitative estimate of drug-likeness (QED) is 0.872. The first kappa shape index (κ1) is 13.1. The highest BCUT2D eigenvalue weighted by Gasteiger charge is 2.44. The third-order valence-corrected chi connectivity index (χ3v) is 4.34. The molecule has 0 bridgehead atoms. The number of hydrogen-bond acceptors (Lipinski definition) is 4. The van der Waals surface area contributed by atoms with Gasteiger partial charge in [-0.05, 0) is 39.0 Å². The molecule has 1 aromatic carbocycles. The highest BCUT2D eigenvalue weighted by molar-refractivity contribution is 7.16. The third kappa shape index (κ3) is 1.87. The molecule has 5 nitrogen and oxygen atoms in total. The summed E-state index contributed by atoms with van der Waals surface area (Å²) < 4.78 is 1.01. The molecule has 2 heterocycles. The van der Waals surface area contributed by atoms with Crippen molar-refractivity contribution in [2.24, 2.45) is 0 Å². The largest absolute Gasteiger partial charge is 0.340 e. The number of carbonyl (C=O) groups excluding carboxylic acids is 2. The molecule has 1 atom stereocenters. The van der Waals surface area contributed by atoms with Crippen LogP contribution in [0, 0.1) is 0 Å². The van der Waals surface area contributed by atoms with E-state index in [1.165, 1.54) is 11.3 Å². The minimum absolute atomic E-state index is 0.103. The molecule has 2 aromatic rings. The van der Waals surface area contributed by atoms with Crippen molar-refractivity contribution in [3.8, 4) is 0 Å². The van der Waals surface area contributed by atoms with E-state index < -0.39 is 11.6 Å². The number of piperazine rings is 1. The lowest BCUT2D eigenvalue weighted by Crippen LogP contribution is -2.67. The number of nitrogens with zero attached hydrogens (tertiary/aromatic N) is 2. The summed E-state index contributed by atoms with van der Waals surface area (Å²) in [4.78, 5) is 30.4. The molecule has 1 aliphatic rings. The fourth-order valence-electron chi connectivity index (χ4n) is 2.39. The van der Waals surface area contributed by atoms with Crippen LogP contribution in [0.1, 0.15) is 20.8 Å². The smallest absolute Gasteiger partial charge is 0.252 e. The summed E-state index contributed by atoms with van der Waals surface area (Å²) in [5, 5.41) is 2.75. The third-order valence-electron chi connectivity index (χ3n) is 3.55. The van der Waals surface area contributed by atoms with E-state index in [0.717, 1.165) is 15.9 Å². The van der Waals surface area contributed by atoms with Crippen LogP contribution < -0.4 is 10.2 Å². The molecule has 20 heavy (non-hydrogen) atoms. The van der Waals surface area contributed by atoms with Crippen LogP contribution in [-0.4, -0.2) is 28.4 Å². The fraction of sp³-hybridized carbons (Fsp3) is 0.357. The SMILES string of the molecule is CC1C(=O)NC(C)(C)C(=O)N1c1ccc2ncsc2c1. The first-order valence-corrected chi connectivity index (χ1v) is 7.27. The van der Waals surface area contributed by atoms with Crippen molar-refractivity contribution < 1.29 is 9.59 Å². The molecule has 0 saturated carbocycles. The van der Waals surface area contributed by atoms with Crippen molar-refractivity contribution in [3.05, 3.63) is 23.7 Å². The van der Waals surface area contributed by atoms with Crippen molar-refractivity contribution in [2.45, 2.75) is 32.4 Å². The Bertz CT molecular complexity index is 707. The van der Waals surface area contributed by atoms with E-state index in [9.17, 15) is 9.59 Å². The molecule has 1 fully saturated rings. The van der Waals surface area contributed by atoms with Gasteiger partial charge in [0, 0.05) is 5.69 Å². The van der Waals surface area contributed by atoms with E-state index in [0.29, 0.717) is 0 Å². The van der Waals surface area contributed by atoms with E-state index in [1.807, 2.05) is 18.2 Å². The summed E-state index contributed by atoms with van der Waals surface area (Å²) in [6.45, 7) is 5.17. The van der Waals surface area contributed by atoms with Crippen LogP contribution in [0.15, 0.2) is 23.7 Å². The normalized spacial score (nSPS) is 22.1. The Balaban J connectivity index is 2.09. The zero-order chi connectivity index (χ0) is 14.5. The van der Waals surface area contributed by atoms with E-state index in [4.69, 9.17) is 0 Å². The topological polar surface area (TPSA) is 62.3 Å². The molecule has 1 saturated heterocycles. The molecule has 104 valence electrons. The predicted octanol–water partition coefficient (Wildman–Crippen LogP) is 1.93. The lowest BCUT2D eigenvalue weighted by atomic mass is 9.96. The van der Waals surface area contributed by atoms with Crippen LogP contribution >= 0.6 is 11.3 Å². The first-order valence-electron chi connectivity index (χ1n) is 6.39. The van der Waals surface area contributed by atoms with Crippen LogP contribution in [0.4, 0.5) is 5.69 Å². The average Bonchev–Trinajstić information content (AvgIpc) is 2.84. The van der Waals surface area contributed by atoms with Gasteiger partial charge >= 0.3 is 0 Å². The van der Waals surface area contributed by atoms with Crippen molar-refractivity contribution in [1.82, 2.24) is 10.3 Å². The van der Waals surface area contributed by atoms with Gasteiger partial charge in [0.05, 0.1) is 15.7 Å². The predicted molar refractivity (Wildman–Crippen MR) is 78.8 cm³/mol. The molecular formula is C14H15N3O2S. The fourth-order valence-corrected chi connectivity index (χ4v) is 3.10. The lowest BCUT2D eigenvalue weighted by Gasteiger charge is -2.41. The number of fused-ring (bicyclic) bond motifs is 1. The van der Waals surface area contributed by atoms with Gasteiger partial charge in [-0.1, -0.05) is 0 Å². The Morgan fingerprint density at radius 3 is 2.85 bits per heavy atom. The van der Waals surface area contributed by atoms with Gasteiger partial charge in [-0.25, -0.2) is 4.98 Å². The summed E-state index contributed by atoms with van der Waals surface area (Å²) in [5.41, 5.74) is 2.53. The van der Waals surface area contributed by atoms with Crippen LogP contribution in [0.2, 0.25) is 0 Å². The van der Waals surface area contributed by atoms with Crippen LogP contribution in [0.25, 0.3) is 10.2 Å². The molecule has 1 unspecified atom stereocenters. The van der Waals surface area contributed by atoms with Crippen molar-refractivity contribution >= 4 is 39.1 Å². The molecule has 6 heteroatoms. The Labute approximate surface area is 120 Å². The number of amides is 2. The lowest BCUT2D eigenvalue weighted by molar-refractivity contribution is -0.136. The number of benzene rings is 1. The average molecular weight is 289 g/mol. The number of hydrogen-bond donors (Lipinski definition) is 1. The summed E-state index contributed by atoms with van der Waals surface area (Å²) in [6.07, 6.45) is 0. The monoisotopic (exact) mass is 289 g/mol. The Hall–Kier alpha value is -1.95. The second-order valence-electron chi connectivity index (χ2n) is 5.47. The molecule has 0 radical (unpaired) electrons. The molecule has 1 aliphatic heterocycles. The number of thiazole rings is 1. The van der Waals surface area contributed by atoms with Crippen LogP contribution in [0.5, 0.6) is 0 Å². The number of nitrogens with one attached hydrogen (secondary N) is 1. The summed E-state index contributed by atoms with van der Waals surface area (Å²) in [5.74, 6) is -0.243. The van der Waals surface area contributed by atoms with Crippen LogP contribution in [-0.2, 0) is 9.59 Å². The minimum atomic E-state index is -0.883. The maximum Gasteiger partial charge on any atom is 0.252 e. The highest BCUT2D eigenvalue weighted by Crippen LogP contribution is 2.29. The van der Waals surface area contributed by atoms with E-state index >= 15 is 0 Å². The summed E-state index contributed by atoms with van der Waals surface area (Å²) >= 11 is 1.52. The molecule has 1 N–H and O–H groups in total. The number of rotatable bonds is 1. The van der Waals surface area contributed by atoms with E-state index in [-0.39, 0.29) is 11.8 Å². The van der Waals surface area contributed by atoms with Gasteiger partial charge in [0.25, 0.3) is 5.91 Å². The molecule has 3 rings (SSSR count). The summed E-state index contributed by atoms with van der Waals surface area (Å²) in [7, 11) is 0. The molecular weight excluding hydrogens is 274 g/mol. The van der Waals surface area contributed by atoms with Gasteiger partial charge in [0.1, 0.15) is 11.6 Å². The Morgan fingerprint density at radius 1 is 1.35 bits per heavy atom. The second-order valence-corrected chi connectivity index (χ2v) is 6.36. The first-order chi connectivity index (χ1) is 9.40. The standard InChI is InChI=1S/C14H15N3O2S/c1-8-12(18)16-14(2,3)13(19)17(8)9-4-5-10-11(6-9)20-7-15-10/h4-8H,1-3H3,(H,16,18). The minimum Gasteiger partial charge on any atom is -0.340 e. The van der Waals surface area contributed by atoms with Crippen LogP contribution in [0.3, 0.4) is 0 Å². The van der Waals surface area contributed by atoms with Gasteiger partial charge in [0.15, 0.2) is 0 Å². The molecule has 0 spiro atoms. The van der Waals surface area contributed by atoms with Crippen molar-refractivity contribution in [2.75, 3.05) is 4.90 Å². The van der Waals surface area contributed by atoms with Gasteiger partial charge in [-0.3, -0.25) is 14.5 Å². The molecule has 2 amide bonds. The number of anilines is 1. The Morgan fingerprint density at radius 2 is 2.10 bits per heavy atom. The van der Waals surface area contributed by atoms with Crippen molar-refractivity contribution in [1.29, 1.82) is 0 Å². The van der Waals surface area contributed by atoms with E-state index in [1.54, 1.807) is 31.2 Å². The maximum atomic E-state index is 12.6. The molecule has 0 aliphatic carbocycles. The molecule has 1 aromatic heterocycles. The zero-order valence-electron chi connectivity index (χ0n) is 11.5.